The first-order chi connectivity index (χ1) is 8.78. The van der Waals surface area contributed by atoms with Gasteiger partial charge in [0.05, 0.1) is 12.2 Å². The SMILES string of the molecule is CCOC(=O)c1cc(Cl)cc(C#N)c1OC(F)(F)F. The average molecular weight is 294 g/mol. The first-order valence-electron chi connectivity index (χ1n) is 4.95. The van der Waals surface area contributed by atoms with Crippen LogP contribution in [-0.2, 0) is 4.74 Å². The van der Waals surface area contributed by atoms with Gasteiger partial charge in [0.15, 0.2) is 5.75 Å². The van der Waals surface area contributed by atoms with Crippen LogP contribution in [0.25, 0.3) is 0 Å². The number of hydrogen-bond acceptors (Lipinski definition) is 4. The minimum atomic E-state index is -5.04. The van der Waals surface area contributed by atoms with Crippen molar-refractivity contribution in [2.45, 2.75) is 13.3 Å². The Morgan fingerprint density at radius 1 is 1.47 bits per heavy atom. The molecule has 0 fully saturated rings. The molecule has 0 unspecified atom stereocenters. The van der Waals surface area contributed by atoms with E-state index >= 15 is 0 Å². The molecule has 0 aliphatic carbocycles. The number of halogens is 4. The Kier molecular flexibility index (Phi) is 4.62. The summed E-state index contributed by atoms with van der Waals surface area (Å²) < 4.78 is 45.1. The second-order valence-corrected chi connectivity index (χ2v) is 3.65. The zero-order valence-electron chi connectivity index (χ0n) is 9.55. The number of hydrogen-bond donors (Lipinski definition) is 0. The summed E-state index contributed by atoms with van der Waals surface area (Å²) in [5.74, 6) is -1.97. The number of nitriles is 1. The fraction of sp³-hybridized carbons (Fsp3) is 0.273. The molecule has 0 radical (unpaired) electrons. The van der Waals surface area contributed by atoms with Crippen LogP contribution in [0.3, 0.4) is 0 Å². The van der Waals surface area contributed by atoms with Crippen molar-refractivity contribution in [3.05, 3.63) is 28.3 Å². The lowest BCUT2D eigenvalue weighted by Gasteiger charge is -2.14. The Morgan fingerprint density at radius 3 is 2.58 bits per heavy atom. The highest BCUT2D eigenvalue weighted by Crippen LogP contribution is 2.33. The number of ether oxygens (including phenoxy) is 2. The predicted molar refractivity (Wildman–Crippen MR) is 58.8 cm³/mol. The lowest BCUT2D eigenvalue weighted by atomic mass is 10.1. The largest absolute Gasteiger partial charge is 0.573 e. The first kappa shape index (κ1) is 15.1. The highest BCUT2D eigenvalue weighted by atomic mass is 35.5. The van der Waals surface area contributed by atoms with Gasteiger partial charge in [0.25, 0.3) is 0 Å². The van der Waals surface area contributed by atoms with Gasteiger partial charge in [-0.3, -0.25) is 0 Å². The van der Waals surface area contributed by atoms with Crippen LogP contribution in [-0.4, -0.2) is 18.9 Å². The number of carbonyl (C=O) groups is 1. The Labute approximate surface area is 111 Å². The Balaban J connectivity index is 3.38. The van der Waals surface area contributed by atoms with Crippen LogP contribution >= 0.6 is 11.6 Å². The van der Waals surface area contributed by atoms with E-state index in [1.165, 1.54) is 13.0 Å². The van der Waals surface area contributed by atoms with Crippen LogP contribution in [0.5, 0.6) is 5.75 Å². The van der Waals surface area contributed by atoms with Crippen molar-refractivity contribution in [1.29, 1.82) is 5.26 Å². The fourth-order valence-corrected chi connectivity index (χ4v) is 1.48. The van der Waals surface area contributed by atoms with Gasteiger partial charge >= 0.3 is 12.3 Å². The van der Waals surface area contributed by atoms with Crippen LogP contribution in [0.1, 0.15) is 22.8 Å². The van der Waals surface area contributed by atoms with E-state index in [0.29, 0.717) is 0 Å². The third-order valence-corrected chi connectivity index (χ3v) is 2.11. The summed E-state index contributed by atoms with van der Waals surface area (Å²) in [5, 5.41) is 8.69. The topological polar surface area (TPSA) is 59.3 Å². The molecule has 1 aromatic carbocycles. The van der Waals surface area contributed by atoms with Crippen LogP contribution in [0.2, 0.25) is 5.02 Å². The van der Waals surface area contributed by atoms with Gasteiger partial charge in [-0.2, -0.15) is 5.26 Å². The van der Waals surface area contributed by atoms with Crippen molar-refractivity contribution in [1.82, 2.24) is 0 Å². The minimum absolute atomic E-state index is 0.0430. The average Bonchev–Trinajstić information content (AvgIpc) is 2.29. The molecule has 1 rings (SSSR count). The van der Waals surface area contributed by atoms with E-state index < -0.39 is 29.2 Å². The molecule has 0 saturated carbocycles. The highest BCUT2D eigenvalue weighted by molar-refractivity contribution is 6.31. The summed E-state index contributed by atoms with van der Waals surface area (Å²) in [6.07, 6.45) is -5.04. The molecular weight excluding hydrogens is 287 g/mol. The van der Waals surface area contributed by atoms with Gasteiger partial charge in [0, 0.05) is 5.02 Å². The molecule has 0 atom stereocenters. The number of esters is 1. The number of rotatable bonds is 3. The number of carbonyl (C=O) groups excluding carboxylic acids is 1. The van der Waals surface area contributed by atoms with E-state index in [-0.39, 0.29) is 11.6 Å². The molecule has 0 aromatic heterocycles. The number of nitrogens with zero attached hydrogens (tertiary/aromatic N) is 1. The molecular formula is C11H7ClF3NO3. The maximum atomic E-state index is 12.3. The normalized spacial score (nSPS) is 10.7. The maximum Gasteiger partial charge on any atom is 0.573 e. The smallest absolute Gasteiger partial charge is 0.462 e. The molecule has 0 aliphatic heterocycles. The Hall–Kier alpha value is -1.94. The monoisotopic (exact) mass is 293 g/mol. The number of benzene rings is 1. The molecule has 0 spiro atoms. The van der Waals surface area contributed by atoms with Crippen LogP contribution < -0.4 is 4.74 Å². The van der Waals surface area contributed by atoms with Gasteiger partial charge in [-0.05, 0) is 19.1 Å². The zero-order valence-corrected chi connectivity index (χ0v) is 10.3. The lowest BCUT2D eigenvalue weighted by Crippen LogP contribution is -2.20. The molecule has 4 nitrogen and oxygen atoms in total. The van der Waals surface area contributed by atoms with E-state index in [4.69, 9.17) is 16.9 Å². The molecule has 0 bridgehead atoms. The molecule has 0 amide bonds. The van der Waals surface area contributed by atoms with Crippen molar-refractivity contribution in [3.63, 3.8) is 0 Å². The summed E-state index contributed by atoms with van der Waals surface area (Å²) in [6.45, 7) is 1.44. The van der Waals surface area contributed by atoms with E-state index in [0.717, 1.165) is 12.1 Å². The van der Waals surface area contributed by atoms with Gasteiger partial charge in [-0.15, -0.1) is 13.2 Å². The fourth-order valence-electron chi connectivity index (χ4n) is 1.26. The molecule has 0 heterocycles. The second kappa shape index (κ2) is 5.80. The van der Waals surface area contributed by atoms with Gasteiger partial charge in [0.1, 0.15) is 11.6 Å². The van der Waals surface area contributed by atoms with E-state index in [1.54, 1.807) is 0 Å². The van der Waals surface area contributed by atoms with Crippen LogP contribution in [0.15, 0.2) is 12.1 Å². The van der Waals surface area contributed by atoms with Gasteiger partial charge in [-0.25, -0.2) is 4.79 Å². The van der Waals surface area contributed by atoms with E-state index in [9.17, 15) is 18.0 Å². The summed E-state index contributed by atoms with van der Waals surface area (Å²) in [4.78, 5) is 11.5. The van der Waals surface area contributed by atoms with Gasteiger partial charge < -0.3 is 9.47 Å². The summed E-state index contributed by atoms with van der Waals surface area (Å²) in [6, 6.07) is 3.39. The molecule has 8 heteroatoms. The van der Waals surface area contributed by atoms with Crippen LogP contribution in [0.4, 0.5) is 13.2 Å². The van der Waals surface area contributed by atoms with Gasteiger partial charge in [-0.1, -0.05) is 11.6 Å². The third-order valence-electron chi connectivity index (χ3n) is 1.89. The Bertz CT molecular complexity index is 537. The predicted octanol–water partition coefficient (Wildman–Crippen LogP) is 3.29. The highest BCUT2D eigenvalue weighted by Gasteiger charge is 2.35. The molecule has 0 aliphatic rings. The van der Waals surface area contributed by atoms with Crippen molar-refractivity contribution in [2.24, 2.45) is 0 Å². The first-order valence-corrected chi connectivity index (χ1v) is 5.32. The summed E-state index contributed by atoms with van der Waals surface area (Å²) in [7, 11) is 0. The summed E-state index contributed by atoms with van der Waals surface area (Å²) in [5.41, 5.74) is -1.06. The van der Waals surface area contributed by atoms with Crippen molar-refractivity contribution < 1.29 is 27.4 Å². The lowest BCUT2D eigenvalue weighted by molar-refractivity contribution is -0.274. The standard InChI is InChI=1S/C11H7ClF3NO3/c1-2-18-10(17)8-4-7(12)3-6(5-16)9(8)19-11(13,14)15/h3-4H,2H2,1H3. The number of alkyl halides is 3. The van der Waals surface area contributed by atoms with E-state index in [2.05, 4.69) is 9.47 Å². The van der Waals surface area contributed by atoms with Gasteiger partial charge in [0.2, 0.25) is 0 Å². The van der Waals surface area contributed by atoms with Crippen molar-refractivity contribution >= 4 is 17.6 Å². The molecule has 1 aromatic rings. The van der Waals surface area contributed by atoms with Crippen molar-refractivity contribution in [2.75, 3.05) is 6.61 Å². The zero-order chi connectivity index (χ0) is 14.6. The molecule has 19 heavy (non-hydrogen) atoms. The van der Waals surface area contributed by atoms with Crippen molar-refractivity contribution in [3.8, 4) is 11.8 Å². The van der Waals surface area contributed by atoms with E-state index in [1.807, 2.05) is 0 Å². The summed E-state index contributed by atoms with van der Waals surface area (Å²) >= 11 is 5.62. The molecule has 0 saturated heterocycles. The maximum absolute atomic E-state index is 12.3. The third kappa shape index (κ3) is 4.03. The quantitative estimate of drug-likeness (QED) is 0.802. The Morgan fingerprint density at radius 2 is 2.11 bits per heavy atom. The van der Waals surface area contributed by atoms with Crippen LogP contribution in [0, 0.1) is 11.3 Å². The minimum Gasteiger partial charge on any atom is -0.462 e. The second-order valence-electron chi connectivity index (χ2n) is 3.21. The molecule has 102 valence electrons. The molecule has 0 N–H and O–H groups in total.